The van der Waals surface area contributed by atoms with Gasteiger partial charge >= 0.3 is 0 Å². The SMILES string of the molecule is O=C(CCl)NCc1cc(O)ccc1Cl. The Morgan fingerprint density at radius 1 is 1.50 bits per heavy atom. The van der Waals surface area contributed by atoms with Crippen LogP contribution in [0.2, 0.25) is 5.02 Å². The summed E-state index contributed by atoms with van der Waals surface area (Å²) in [7, 11) is 0. The average Bonchev–Trinajstić information content (AvgIpc) is 2.19. The van der Waals surface area contributed by atoms with Crippen molar-refractivity contribution in [2.24, 2.45) is 0 Å². The fraction of sp³-hybridized carbons (Fsp3) is 0.222. The molecule has 0 radical (unpaired) electrons. The van der Waals surface area contributed by atoms with E-state index in [1.54, 1.807) is 6.07 Å². The summed E-state index contributed by atoms with van der Waals surface area (Å²) in [4.78, 5) is 10.8. The van der Waals surface area contributed by atoms with E-state index < -0.39 is 0 Å². The Kier molecular flexibility index (Phi) is 4.04. The van der Waals surface area contributed by atoms with Crippen LogP contribution in [-0.4, -0.2) is 16.9 Å². The fourth-order valence-corrected chi connectivity index (χ4v) is 1.22. The molecule has 0 heterocycles. The molecule has 14 heavy (non-hydrogen) atoms. The molecule has 5 heteroatoms. The predicted molar refractivity (Wildman–Crippen MR) is 55.7 cm³/mol. The Bertz CT molecular complexity index is 342. The molecule has 0 aliphatic carbocycles. The van der Waals surface area contributed by atoms with E-state index in [2.05, 4.69) is 5.32 Å². The number of aromatic hydroxyl groups is 1. The molecule has 1 aromatic carbocycles. The molecule has 0 aliphatic heterocycles. The Hall–Kier alpha value is -0.930. The predicted octanol–water partition coefficient (Wildman–Crippen LogP) is 1.90. The highest BCUT2D eigenvalue weighted by molar-refractivity contribution is 6.31. The van der Waals surface area contributed by atoms with Crippen molar-refractivity contribution in [3.05, 3.63) is 28.8 Å². The topological polar surface area (TPSA) is 49.3 Å². The highest BCUT2D eigenvalue weighted by atomic mass is 35.5. The molecule has 0 unspecified atom stereocenters. The van der Waals surface area contributed by atoms with E-state index in [1.807, 2.05) is 0 Å². The van der Waals surface area contributed by atoms with Gasteiger partial charge in [-0.15, -0.1) is 11.6 Å². The molecule has 0 saturated carbocycles. The minimum atomic E-state index is -0.272. The Labute approximate surface area is 91.6 Å². The van der Waals surface area contributed by atoms with Gasteiger partial charge in [0, 0.05) is 11.6 Å². The summed E-state index contributed by atoms with van der Waals surface area (Å²) in [5, 5.41) is 12.2. The summed E-state index contributed by atoms with van der Waals surface area (Å²) in [5.41, 5.74) is 0.658. The highest BCUT2D eigenvalue weighted by Gasteiger charge is 2.03. The molecule has 0 spiro atoms. The molecule has 0 atom stereocenters. The van der Waals surface area contributed by atoms with Gasteiger partial charge in [0.25, 0.3) is 0 Å². The lowest BCUT2D eigenvalue weighted by Crippen LogP contribution is -2.23. The van der Waals surface area contributed by atoms with E-state index in [9.17, 15) is 4.79 Å². The number of benzene rings is 1. The van der Waals surface area contributed by atoms with Crippen molar-refractivity contribution in [3.63, 3.8) is 0 Å². The van der Waals surface area contributed by atoms with Gasteiger partial charge in [-0.25, -0.2) is 0 Å². The van der Waals surface area contributed by atoms with Crippen LogP contribution in [-0.2, 0) is 11.3 Å². The normalized spacial score (nSPS) is 9.86. The van der Waals surface area contributed by atoms with Gasteiger partial charge in [0.15, 0.2) is 0 Å². The minimum absolute atomic E-state index is 0.0869. The molecule has 0 aromatic heterocycles. The standard InChI is InChI=1S/C9H9Cl2NO2/c10-4-9(14)12-5-6-3-7(13)1-2-8(6)11/h1-3,13H,4-5H2,(H,12,14). The molecule has 1 rings (SSSR count). The summed E-state index contributed by atoms with van der Waals surface area (Å²) >= 11 is 11.1. The lowest BCUT2D eigenvalue weighted by atomic mass is 10.2. The summed E-state index contributed by atoms with van der Waals surface area (Å²) in [6.45, 7) is 0.263. The Morgan fingerprint density at radius 3 is 2.86 bits per heavy atom. The zero-order valence-corrected chi connectivity index (χ0v) is 8.77. The van der Waals surface area contributed by atoms with Gasteiger partial charge in [0.2, 0.25) is 5.91 Å². The molecule has 3 nitrogen and oxygen atoms in total. The van der Waals surface area contributed by atoms with Crippen LogP contribution in [0, 0.1) is 0 Å². The van der Waals surface area contributed by atoms with Crippen molar-refractivity contribution >= 4 is 29.1 Å². The van der Waals surface area contributed by atoms with E-state index in [1.165, 1.54) is 12.1 Å². The maximum Gasteiger partial charge on any atom is 0.235 e. The van der Waals surface area contributed by atoms with Crippen molar-refractivity contribution < 1.29 is 9.90 Å². The molecule has 0 fully saturated rings. The number of rotatable bonds is 3. The first-order valence-corrected chi connectivity index (χ1v) is 4.85. The van der Waals surface area contributed by atoms with Gasteiger partial charge in [0.1, 0.15) is 11.6 Å². The number of alkyl halides is 1. The molecule has 0 bridgehead atoms. The van der Waals surface area contributed by atoms with Crippen LogP contribution < -0.4 is 5.32 Å². The average molecular weight is 234 g/mol. The molecule has 2 N–H and O–H groups in total. The van der Waals surface area contributed by atoms with Crippen LogP contribution in [0.25, 0.3) is 0 Å². The Balaban J connectivity index is 2.66. The van der Waals surface area contributed by atoms with Gasteiger partial charge in [-0.1, -0.05) is 11.6 Å². The van der Waals surface area contributed by atoms with Gasteiger partial charge in [-0.2, -0.15) is 0 Å². The molecule has 0 saturated heterocycles. The summed E-state index contributed by atoms with van der Waals surface area (Å²) in [6, 6.07) is 4.55. The van der Waals surface area contributed by atoms with Gasteiger partial charge in [0.05, 0.1) is 0 Å². The number of halogens is 2. The first kappa shape index (κ1) is 11.1. The molecule has 1 amide bonds. The molecular weight excluding hydrogens is 225 g/mol. The minimum Gasteiger partial charge on any atom is -0.508 e. The number of phenolic OH excluding ortho intramolecular Hbond substituents is 1. The van der Waals surface area contributed by atoms with E-state index in [0.29, 0.717) is 10.6 Å². The highest BCUT2D eigenvalue weighted by Crippen LogP contribution is 2.20. The second-order valence-corrected chi connectivity index (χ2v) is 3.36. The molecular formula is C9H9Cl2NO2. The van der Waals surface area contributed by atoms with E-state index in [-0.39, 0.29) is 24.1 Å². The number of hydrogen-bond donors (Lipinski definition) is 2. The third kappa shape index (κ3) is 3.09. The molecule has 1 aromatic rings. The lowest BCUT2D eigenvalue weighted by molar-refractivity contribution is -0.118. The molecule has 76 valence electrons. The van der Waals surface area contributed by atoms with Crippen LogP contribution in [0.1, 0.15) is 5.56 Å². The van der Waals surface area contributed by atoms with Gasteiger partial charge in [-0.3, -0.25) is 4.79 Å². The second-order valence-electron chi connectivity index (χ2n) is 2.69. The number of nitrogens with one attached hydrogen (secondary N) is 1. The lowest BCUT2D eigenvalue weighted by Gasteiger charge is -2.05. The fourth-order valence-electron chi connectivity index (χ4n) is 0.938. The molecule has 0 aliphatic rings. The van der Waals surface area contributed by atoms with Crippen LogP contribution >= 0.6 is 23.2 Å². The maximum absolute atomic E-state index is 10.8. The number of amides is 1. The van der Waals surface area contributed by atoms with E-state index >= 15 is 0 Å². The van der Waals surface area contributed by atoms with Crippen molar-refractivity contribution in [2.45, 2.75) is 6.54 Å². The van der Waals surface area contributed by atoms with E-state index in [4.69, 9.17) is 28.3 Å². The van der Waals surface area contributed by atoms with Gasteiger partial charge < -0.3 is 10.4 Å². The van der Waals surface area contributed by atoms with Crippen molar-refractivity contribution in [3.8, 4) is 5.75 Å². The maximum atomic E-state index is 10.8. The van der Waals surface area contributed by atoms with Crippen LogP contribution in [0.15, 0.2) is 18.2 Å². The van der Waals surface area contributed by atoms with Crippen LogP contribution in [0.3, 0.4) is 0 Å². The summed E-state index contributed by atoms with van der Waals surface area (Å²) < 4.78 is 0. The number of carbonyl (C=O) groups is 1. The van der Waals surface area contributed by atoms with Crippen molar-refractivity contribution in [1.82, 2.24) is 5.32 Å². The third-order valence-corrected chi connectivity index (χ3v) is 2.24. The first-order chi connectivity index (χ1) is 6.63. The monoisotopic (exact) mass is 233 g/mol. The number of phenols is 1. The van der Waals surface area contributed by atoms with Crippen molar-refractivity contribution in [1.29, 1.82) is 0 Å². The first-order valence-electron chi connectivity index (χ1n) is 3.93. The van der Waals surface area contributed by atoms with Crippen LogP contribution in [0.4, 0.5) is 0 Å². The zero-order chi connectivity index (χ0) is 10.6. The van der Waals surface area contributed by atoms with Gasteiger partial charge in [-0.05, 0) is 23.8 Å². The van der Waals surface area contributed by atoms with Crippen LogP contribution in [0.5, 0.6) is 5.75 Å². The Morgan fingerprint density at radius 2 is 2.21 bits per heavy atom. The smallest absolute Gasteiger partial charge is 0.235 e. The quantitative estimate of drug-likeness (QED) is 0.784. The third-order valence-electron chi connectivity index (χ3n) is 1.63. The van der Waals surface area contributed by atoms with E-state index in [0.717, 1.165) is 0 Å². The van der Waals surface area contributed by atoms with Crippen molar-refractivity contribution in [2.75, 3.05) is 5.88 Å². The largest absolute Gasteiger partial charge is 0.508 e. The number of carbonyl (C=O) groups excluding carboxylic acids is 1. The second kappa shape index (κ2) is 5.08. The summed E-state index contributed by atoms with van der Waals surface area (Å²) in [5.74, 6) is -0.244. The zero-order valence-electron chi connectivity index (χ0n) is 7.26. The number of hydrogen-bond acceptors (Lipinski definition) is 2. The summed E-state index contributed by atoms with van der Waals surface area (Å²) in [6.07, 6.45) is 0.